The molecule has 0 aliphatic heterocycles. The summed E-state index contributed by atoms with van der Waals surface area (Å²) in [6, 6.07) is 7.63. The van der Waals surface area contributed by atoms with Crippen LogP contribution in [0.1, 0.15) is 87.6 Å². The van der Waals surface area contributed by atoms with E-state index in [1.807, 2.05) is 24.3 Å². The zero-order valence-electron chi connectivity index (χ0n) is 14.8. The maximum Gasteiger partial charge on any atom is 0.373 e. The molecule has 23 heavy (non-hydrogen) atoms. The fourth-order valence-electron chi connectivity index (χ4n) is 2.47. The van der Waals surface area contributed by atoms with Crippen LogP contribution in [0.3, 0.4) is 0 Å². The maximum absolute atomic E-state index is 11.8. The maximum atomic E-state index is 11.8. The van der Waals surface area contributed by atoms with Gasteiger partial charge in [-0.2, -0.15) is 4.89 Å². The van der Waals surface area contributed by atoms with E-state index in [0.717, 1.165) is 19.3 Å². The Morgan fingerprint density at radius 1 is 0.826 bits per heavy atom. The quantitative estimate of drug-likeness (QED) is 0.259. The predicted octanol–water partition coefficient (Wildman–Crippen LogP) is 5.87. The molecule has 1 aromatic carbocycles. The first-order valence-electron chi connectivity index (χ1n) is 9.20. The molecule has 0 aliphatic rings. The Morgan fingerprint density at radius 3 is 2.13 bits per heavy atom. The highest BCUT2D eigenvalue weighted by molar-refractivity contribution is 5.88. The van der Waals surface area contributed by atoms with Gasteiger partial charge < -0.3 is 0 Å². The summed E-state index contributed by atoms with van der Waals surface area (Å²) in [5.41, 5.74) is 1.81. The van der Waals surface area contributed by atoms with E-state index in [0.29, 0.717) is 12.2 Å². The van der Waals surface area contributed by atoms with E-state index in [-0.39, 0.29) is 0 Å². The van der Waals surface area contributed by atoms with Crippen LogP contribution < -0.4 is 0 Å². The van der Waals surface area contributed by atoms with Gasteiger partial charge in [0.15, 0.2) is 0 Å². The van der Waals surface area contributed by atoms with Gasteiger partial charge in [-0.15, -0.1) is 0 Å². The zero-order chi connectivity index (χ0) is 16.8. The van der Waals surface area contributed by atoms with Gasteiger partial charge in [-0.1, -0.05) is 70.9 Å². The smallest absolute Gasteiger partial charge is 0.293 e. The minimum absolute atomic E-state index is 0.406. The van der Waals surface area contributed by atoms with Crippen LogP contribution >= 0.6 is 0 Å². The molecule has 3 nitrogen and oxygen atoms in total. The molecule has 0 saturated heterocycles. The summed E-state index contributed by atoms with van der Waals surface area (Å²) in [7, 11) is 0. The van der Waals surface area contributed by atoms with Gasteiger partial charge in [-0.05, 0) is 37.0 Å². The number of aryl methyl sites for hydroxylation is 1. The molecule has 3 heteroatoms. The minimum Gasteiger partial charge on any atom is -0.293 e. The molecular formula is C20H32O3. The van der Waals surface area contributed by atoms with Crippen molar-refractivity contribution in [3.8, 4) is 0 Å². The number of benzene rings is 1. The molecule has 0 unspecified atom stereocenters. The van der Waals surface area contributed by atoms with Crippen molar-refractivity contribution in [2.45, 2.75) is 78.1 Å². The SMILES string of the molecule is CCCCCCCCOOC(=O)c1ccc(CCCCC)cc1. The molecular weight excluding hydrogens is 288 g/mol. The Kier molecular flexibility index (Phi) is 11.2. The summed E-state index contributed by atoms with van der Waals surface area (Å²) in [5.74, 6) is -0.406. The molecule has 0 atom stereocenters. The van der Waals surface area contributed by atoms with Crippen molar-refractivity contribution in [1.29, 1.82) is 0 Å². The van der Waals surface area contributed by atoms with Gasteiger partial charge in [0, 0.05) is 0 Å². The molecule has 0 heterocycles. The Hall–Kier alpha value is -1.35. The number of carbonyl (C=O) groups excluding carboxylic acids is 1. The van der Waals surface area contributed by atoms with Gasteiger partial charge in [0.1, 0.15) is 0 Å². The van der Waals surface area contributed by atoms with E-state index in [9.17, 15) is 4.79 Å². The molecule has 0 amide bonds. The summed E-state index contributed by atoms with van der Waals surface area (Å²) in [6.07, 6.45) is 11.9. The van der Waals surface area contributed by atoms with E-state index in [2.05, 4.69) is 13.8 Å². The predicted molar refractivity (Wildman–Crippen MR) is 94.4 cm³/mol. The van der Waals surface area contributed by atoms with E-state index >= 15 is 0 Å². The van der Waals surface area contributed by atoms with E-state index < -0.39 is 5.97 Å². The van der Waals surface area contributed by atoms with Gasteiger partial charge in [0.25, 0.3) is 0 Å². The highest BCUT2D eigenvalue weighted by Gasteiger charge is 2.08. The summed E-state index contributed by atoms with van der Waals surface area (Å²) in [4.78, 5) is 21.7. The first-order valence-corrected chi connectivity index (χ1v) is 9.20. The average Bonchev–Trinajstić information content (AvgIpc) is 2.58. The van der Waals surface area contributed by atoms with Crippen molar-refractivity contribution < 1.29 is 14.6 Å². The van der Waals surface area contributed by atoms with Crippen LogP contribution in [0.25, 0.3) is 0 Å². The number of carbonyl (C=O) groups is 1. The molecule has 130 valence electrons. The average molecular weight is 320 g/mol. The lowest BCUT2D eigenvalue weighted by Gasteiger charge is -2.05. The summed E-state index contributed by atoms with van der Waals surface area (Å²) in [6.45, 7) is 4.89. The second-order valence-electron chi connectivity index (χ2n) is 6.11. The Bertz CT molecular complexity index is 411. The lowest BCUT2D eigenvalue weighted by atomic mass is 10.1. The first-order chi connectivity index (χ1) is 11.3. The van der Waals surface area contributed by atoms with Crippen molar-refractivity contribution in [2.24, 2.45) is 0 Å². The molecule has 0 fully saturated rings. The topological polar surface area (TPSA) is 35.5 Å². The summed E-state index contributed by atoms with van der Waals surface area (Å²) < 4.78 is 0. The minimum atomic E-state index is -0.406. The van der Waals surface area contributed by atoms with Crippen LogP contribution in [0.4, 0.5) is 0 Å². The largest absolute Gasteiger partial charge is 0.373 e. The standard InChI is InChI=1S/C20H32O3/c1-3-5-7-8-9-11-17-22-23-20(21)19-15-13-18(14-16-19)12-10-6-4-2/h13-16H,3-12,17H2,1-2H3. The van der Waals surface area contributed by atoms with Crippen LogP contribution in [0.2, 0.25) is 0 Å². The molecule has 0 N–H and O–H groups in total. The van der Waals surface area contributed by atoms with Crippen molar-refractivity contribution in [3.05, 3.63) is 35.4 Å². The van der Waals surface area contributed by atoms with Crippen molar-refractivity contribution in [2.75, 3.05) is 6.61 Å². The normalized spacial score (nSPS) is 10.7. The molecule has 0 saturated carbocycles. The lowest BCUT2D eigenvalue weighted by Crippen LogP contribution is -2.07. The zero-order valence-corrected chi connectivity index (χ0v) is 14.8. The fourth-order valence-corrected chi connectivity index (χ4v) is 2.47. The first kappa shape index (κ1) is 19.7. The number of hydrogen-bond donors (Lipinski definition) is 0. The number of rotatable bonds is 13. The molecule has 0 bridgehead atoms. The monoisotopic (exact) mass is 320 g/mol. The highest BCUT2D eigenvalue weighted by Crippen LogP contribution is 2.10. The Labute approximate surface area is 141 Å². The third kappa shape index (κ3) is 9.39. The summed E-state index contributed by atoms with van der Waals surface area (Å²) >= 11 is 0. The van der Waals surface area contributed by atoms with Crippen LogP contribution in [0.5, 0.6) is 0 Å². The molecule has 1 aromatic rings. The Morgan fingerprint density at radius 2 is 1.43 bits per heavy atom. The van der Waals surface area contributed by atoms with Gasteiger partial charge >= 0.3 is 5.97 Å². The third-order valence-corrected chi connectivity index (χ3v) is 3.97. The van der Waals surface area contributed by atoms with E-state index in [1.54, 1.807) is 0 Å². The lowest BCUT2D eigenvalue weighted by molar-refractivity contribution is -0.241. The van der Waals surface area contributed by atoms with Gasteiger partial charge in [0.05, 0.1) is 12.2 Å². The van der Waals surface area contributed by atoms with E-state index in [1.165, 1.54) is 50.5 Å². The van der Waals surface area contributed by atoms with Crippen molar-refractivity contribution in [1.82, 2.24) is 0 Å². The van der Waals surface area contributed by atoms with Crippen LogP contribution in [0.15, 0.2) is 24.3 Å². The molecule has 0 radical (unpaired) electrons. The molecule has 1 rings (SSSR count). The number of unbranched alkanes of at least 4 members (excludes halogenated alkanes) is 7. The summed E-state index contributed by atoms with van der Waals surface area (Å²) in [5, 5.41) is 0. The second kappa shape index (κ2) is 13.1. The van der Waals surface area contributed by atoms with Gasteiger partial charge in [-0.25, -0.2) is 4.79 Å². The van der Waals surface area contributed by atoms with Crippen molar-refractivity contribution >= 4 is 5.97 Å². The highest BCUT2D eigenvalue weighted by atomic mass is 17.2. The van der Waals surface area contributed by atoms with Crippen molar-refractivity contribution in [3.63, 3.8) is 0 Å². The third-order valence-electron chi connectivity index (χ3n) is 3.97. The number of hydrogen-bond acceptors (Lipinski definition) is 3. The van der Waals surface area contributed by atoms with Gasteiger partial charge in [-0.3, -0.25) is 4.89 Å². The van der Waals surface area contributed by atoms with E-state index in [4.69, 9.17) is 9.78 Å². The van der Waals surface area contributed by atoms with Crippen LogP contribution in [0, 0.1) is 0 Å². The second-order valence-corrected chi connectivity index (χ2v) is 6.11. The van der Waals surface area contributed by atoms with Crippen LogP contribution in [-0.2, 0) is 16.2 Å². The molecule has 0 aromatic heterocycles. The van der Waals surface area contributed by atoms with Crippen LogP contribution in [-0.4, -0.2) is 12.6 Å². The van der Waals surface area contributed by atoms with Gasteiger partial charge in [0.2, 0.25) is 0 Å². The fraction of sp³-hybridized carbons (Fsp3) is 0.650. The molecule has 0 aliphatic carbocycles. The Balaban J connectivity index is 2.14. The molecule has 0 spiro atoms.